The van der Waals surface area contributed by atoms with Crippen LogP contribution >= 0.6 is 0 Å². The van der Waals surface area contributed by atoms with Crippen LogP contribution < -0.4 is 11.1 Å². The number of hydrogen-bond acceptors (Lipinski definition) is 4. The van der Waals surface area contributed by atoms with Gasteiger partial charge in [0.1, 0.15) is 0 Å². The quantitative estimate of drug-likeness (QED) is 0.639. The van der Waals surface area contributed by atoms with Gasteiger partial charge in [-0.2, -0.15) is 0 Å². The van der Waals surface area contributed by atoms with Crippen LogP contribution in [0, 0.1) is 0 Å². The Morgan fingerprint density at radius 1 is 1.62 bits per heavy atom. The first-order valence-electron chi connectivity index (χ1n) is 5.89. The van der Waals surface area contributed by atoms with E-state index in [9.17, 15) is 4.79 Å². The predicted molar refractivity (Wildman–Crippen MR) is 65.2 cm³/mol. The molecule has 0 aromatic heterocycles. The minimum atomic E-state index is 0.0729. The second-order valence-electron chi connectivity index (χ2n) is 4.67. The van der Waals surface area contributed by atoms with Gasteiger partial charge < -0.3 is 16.0 Å². The number of likely N-dealkylation sites (tertiary alicyclic amines) is 1. The minimum absolute atomic E-state index is 0.0729. The van der Waals surface area contributed by atoms with E-state index in [0.717, 1.165) is 19.5 Å². The molecule has 94 valence electrons. The zero-order valence-electron chi connectivity index (χ0n) is 10.6. The molecule has 1 saturated heterocycles. The lowest BCUT2D eigenvalue weighted by Crippen LogP contribution is -2.43. The Hall–Kier alpha value is -0.650. The zero-order valence-corrected chi connectivity index (χ0v) is 10.6. The molecule has 1 heterocycles. The molecule has 0 bridgehead atoms. The largest absolute Gasteiger partial charge is 0.359 e. The SMILES string of the molecule is CNC(=O)CC(CN)N1CCC(N(C)C)C1. The van der Waals surface area contributed by atoms with E-state index in [2.05, 4.69) is 29.2 Å². The molecule has 3 N–H and O–H groups in total. The number of likely N-dealkylation sites (N-methyl/N-ethyl adjacent to an activating group) is 1. The van der Waals surface area contributed by atoms with Gasteiger partial charge in [-0.1, -0.05) is 0 Å². The summed E-state index contributed by atoms with van der Waals surface area (Å²) in [5.74, 6) is 0.0729. The number of hydrogen-bond donors (Lipinski definition) is 2. The first-order valence-corrected chi connectivity index (χ1v) is 5.89. The molecule has 2 atom stereocenters. The van der Waals surface area contributed by atoms with Crippen LogP contribution in [0.5, 0.6) is 0 Å². The van der Waals surface area contributed by atoms with E-state index >= 15 is 0 Å². The van der Waals surface area contributed by atoms with Crippen molar-refractivity contribution in [2.75, 3.05) is 40.8 Å². The van der Waals surface area contributed by atoms with Crippen LogP contribution in [0.25, 0.3) is 0 Å². The highest BCUT2D eigenvalue weighted by Gasteiger charge is 2.29. The fraction of sp³-hybridized carbons (Fsp3) is 0.909. The molecule has 5 heteroatoms. The highest BCUT2D eigenvalue weighted by atomic mass is 16.1. The standard InChI is InChI=1S/C11H24N4O/c1-13-11(16)6-10(7-12)15-5-4-9(8-15)14(2)3/h9-10H,4-8,12H2,1-3H3,(H,13,16). The number of rotatable bonds is 5. The van der Waals surface area contributed by atoms with Crippen LogP contribution in [-0.2, 0) is 4.79 Å². The molecule has 0 radical (unpaired) electrons. The Labute approximate surface area is 98.0 Å². The molecule has 0 spiro atoms. The fourth-order valence-corrected chi connectivity index (χ4v) is 2.20. The predicted octanol–water partition coefficient (Wildman–Crippen LogP) is -0.914. The summed E-state index contributed by atoms with van der Waals surface area (Å²) in [5, 5.41) is 2.66. The summed E-state index contributed by atoms with van der Waals surface area (Å²) in [6, 6.07) is 0.781. The van der Waals surface area contributed by atoms with Crippen molar-refractivity contribution >= 4 is 5.91 Å². The topological polar surface area (TPSA) is 61.6 Å². The highest BCUT2D eigenvalue weighted by Crippen LogP contribution is 2.17. The van der Waals surface area contributed by atoms with Gasteiger partial charge in [-0.15, -0.1) is 0 Å². The van der Waals surface area contributed by atoms with Crippen molar-refractivity contribution in [3.8, 4) is 0 Å². The summed E-state index contributed by atoms with van der Waals surface area (Å²) in [5.41, 5.74) is 5.74. The van der Waals surface area contributed by atoms with Crippen LogP contribution in [0.15, 0.2) is 0 Å². The van der Waals surface area contributed by atoms with E-state index in [1.54, 1.807) is 7.05 Å². The van der Waals surface area contributed by atoms with Crippen LogP contribution in [0.3, 0.4) is 0 Å². The van der Waals surface area contributed by atoms with Crippen molar-refractivity contribution in [2.24, 2.45) is 5.73 Å². The lowest BCUT2D eigenvalue weighted by atomic mass is 10.1. The minimum Gasteiger partial charge on any atom is -0.359 e. The van der Waals surface area contributed by atoms with Gasteiger partial charge in [0.2, 0.25) is 5.91 Å². The molecule has 0 aliphatic carbocycles. The van der Waals surface area contributed by atoms with Crippen molar-refractivity contribution in [1.82, 2.24) is 15.1 Å². The van der Waals surface area contributed by atoms with Gasteiger partial charge in [0, 0.05) is 45.2 Å². The van der Waals surface area contributed by atoms with E-state index in [1.165, 1.54) is 0 Å². The normalized spacial score (nSPS) is 23.7. The second kappa shape index (κ2) is 6.18. The average Bonchev–Trinajstić information content (AvgIpc) is 2.74. The fourth-order valence-electron chi connectivity index (χ4n) is 2.20. The summed E-state index contributed by atoms with van der Waals surface area (Å²) in [4.78, 5) is 15.9. The van der Waals surface area contributed by atoms with E-state index in [0.29, 0.717) is 19.0 Å². The van der Waals surface area contributed by atoms with Gasteiger partial charge in [-0.25, -0.2) is 0 Å². The zero-order chi connectivity index (χ0) is 12.1. The maximum absolute atomic E-state index is 11.3. The van der Waals surface area contributed by atoms with Crippen molar-refractivity contribution < 1.29 is 4.79 Å². The second-order valence-corrected chi connectivity index (χ2v) is 4.67. The Balaban J connectivity index is 2.46. The van der Waals surface area contributed by atoms with E-state index in [4.69, 9.17) is 5.73 Å². The smallest absolute Gasteiger partial charge is 0.221 e. The number of nitrogens with zero attached hydrogens (tertiary/aromatic N) is 2. The van der Waals surface area contributed by atoms with E-state index in [-0.39, 0.29) is 11.9 Å². The average molecular weight is 228 g/mol. The van der Waals surface area contributed by atoms with Crippen molar-refractivity contribution in [3.63, 3.8) is 0 Å². The van der Waals surface area contributed by atoms with Crippen LogP contribution in [0.4, 0.5) is 0 Å². The number of carbonyl (C=O) groups is 1. The van der Waals surface area contributed by atoms with E-state index in [1.807, 2.05) is 0 Å². The van der Waals surface area contributed by atoms with Gasteiger partial charge >= 0.3 is 0 Å². The molecule has 0 aromatic carbocycles. The van der Waals surface area contributed by atoms with Gasteiger partial charge in [-0.3, -0.25) is 9.69 Å². The monoisotopic (exact) mass is 228 g/mol. The molecule has 2 unspecified atom stereocenters. The summed E-state index contributed by atoms with van der Waals surface area (Å²) in [6.07, 6.45) is 1.67. The summed E-state index contributed by atoms with van der Waals surface area (Å²) < 4.78 is 0. The molecular weight excluding hydrogens is 204 g/mol. The van der Waals surface area contributed by atoms with Crippen molar-refractivity contribution in [1.29, 1.82) is 0 Å². The molecule has 1 rings (SSSR count). The van der Waals surface area contributed by atoms with Crippen molar-refractivity contribution in [3.05, 3.63) is 0 Å². The first kappa shape index (κ1) is 13.4. The number of carbonyl (C=O) groups excluding carboxylic acids is 1. The summed E-state index contributed by atoms with van der Waals surface area (Å²) >= 11 is 0. The third-order valence-corrected chi connectivity index (χ3v) is 3.41. The molecule has 1 fully saturated rings. The van der Waals surface area contributed by atoms with Gasteiger partial charge in [-0.05, 0) is 20.5 Å². The Morgan fingerprint density at radius 2 is 2.31 bits per heavy atom. The molecular formula is C11H24N4O. The van der Waals surface area contributed by atoms with Crippen LogP contribution in [0.1, 0.15) is 12.8 Å². The summed E-state index contributed by atoms with van der Waals surface area (Å²) in [7, 11) is 5.87. The molecule has 5 nitrogen and oxygen atoms in total. The molecule has 16 heavy (non-hydrogen) atoms. The molecule has 1 aliphatic rings. The Bertz CT molecular complexity index is 232. The Kier molecular flexibility index (Phi) is 5.18. The number of nitrogens with two attached hydrogens (primary N) is 1. The van der Waals surface area contributed by atoms with E-state index < -0.39 is 0 Å². The number of nitrogens with one attached hydrogen (secondary N) is 1. The van der Waals surface area contributed by atoms with Crippen molar-refractivity contribution in [2.45, 2.75) is 24.9 Å². The van der Waals surface area contributed by atoms with Gasteiger partial charge in [0.25, 0.3) is 0 Å². The number of amides is 1. The molecule has 1 amide bonds. The van der Waals surface area contributed by atoms with Crippen LogP contribution in [-0.4, -0.2) is 68.6 Å². The third kappa shape index (κ3) is 3.43. The maximum Gasteiger partial charge on any atom is 0.221 e. The van der Waals surface area contributed by atoms with Crippen LogP contribution in [0.2, 0.25) is 0 Å². The maximum atomic E-state index is 11.3. The summed E-state index contributed by atoms with van der Waals surface area (Å²) in [6.45, 7) is 2.61. The molecule has 1 aliphatic heterocycles. The Morgan fingerprint density at radius 3 is 2.75 bits per heavy atom. The molecule has 0 aromatic rings. The van der Waals surface area contributed by atoms with Gasteiger partial charge in [0.15, 0.2) is 0 Å². The third-order valence-electron chi connectivity index (χ3n) is 3.41. The lowest BCUT2D eigenvalue weighted by molar-refractivity contribution is -0.121. The lowest BCUT2D eigenvalue weighted by Gasteiger charge is -2.27. The first-order chi connectivity index (χ1) is 7.58. The van der Waals surface area contributed by atoms with Gasteiger partial charge in [0.05, 0.1) is 0 Å². The highest BCUT2D eigenvalue weighted by molar-refractivity contribution is 5.76. The molecule has 0 saturated carbocycles.